The number of hydrogen-bond donors (Lipinski definition) is 0. The normalized spacial score (nSPS) is 18.6. The predicted molar refractivity (Wildman–Crippen MR) is 92.5 cm³/mol. The maximum absolute atomic E-state index is 13.1. The molecule has 1 heterocycles. The van der Waals surface area contributed by atoms with E-state index in [0.29, 0.717) is 18.5 Å². The predicted octanol–water partition coefficient (Wildman–Crippen LogP) is 3.62. The lowest BCUT2D eigenvalue weighted by Gasteiger charge is -2.47. The molecule has 0 spiro atoms. The van der Waals surface area contributed by atoms with Gasteiger partial charge < -0.3 is 0 Å². The van der Waals surface area contributed by atoms with Crippen LogP contribution >= 0.6 is 0 Å². The first kappa shape index (κ1) is 17.4. The van der Waals surface area contributed by atoms with Gasteiger partial charge in [-0.15, -0.1) is 0 Å². The molecule has 0 aromatic heterocycles. The Balaban J connectivity index is 2.66. The Morgan fingerprint density at radius 2 is 1.43 bits per heavy atom. The zero-order valence-electron chi connectivity index (χ0n) is 14.4. The van der Waals surface area contributed by atoms with E-state index in [1.54, 1.807) is 24.3 Å². The Labute approximate surface area is 138 Å². The summed E-state index contributed by atoms with van der Waals surface area (Å²) >= 11 is 0. The molecular weight excluding hydrogens is 308 g/mol. The van der Waals surface area contributed by atoms with Crippen LogP contribution < -0.4 is 4.90 Å². The molecule has 0 aliphatic carbocycles. The molecule has 0 saturated carbocycles. The summed E-state index contributed by atoms with van der Waals surface area (Å²) in [5, 5.41) is 0. The van der Waals surface area contributed by atoms with Gasteiger partial charge in [0.1, 0.15) is 5.41 Å². The van der Waals surface area contributed by atoms with Gasteiger partial charge in [0.25, 0.3) is 5.91 Å². The molecule has 0 bridgehead atoms. The molecule has 23 heavy (non-hydrogen) atoms. The van der Waals surface area contributed by atoms with Crippen molar-refractivity contribution in [3.05, 3.63) is 30.3 Å². The highest BCUT2D eigenvalue weighted by Crippen LogP contribution is 2.39. The Hall–Kier alpha value is -1.95. The number of carbonyl (C=O) groups is 3. The molecule has 0 unspecified atom stereocenters. The molecule has 1 aromatic carbocycles. The van der Waals surface area contributed by atoms with Crippen molar-refractivity contribution >= 4 is 31.8 Å². The van der Waals surface area contributed by atoms with Crippen molar-refractivity contribution in [1.82, 2.24) is 4.57 Å². The van der Waals surface area contributed by atoms with Crippen LogP contribution in [0, 0.1) is 5.41 Å². The lowest BCUT2D eigenvalue weighted by Crippen LogP contribution is -2.70. The first-order chi connectivity index (χ1) is 10.7. The zero-order valence-corrected chi connectivity index (χ0v) is 15.4. The van der Waals surface area contributed by atoms with Crippen LogP contribution in [0.3, 0.4) is 0 Å². The van der Waals surface area contributed by atoms with E-state index in [-0.39, 0.29) is 5.91 Å². The molecule has 0 N–H and O–H groups in total. The number of benzene rings is 1. The van der Waals surface area contributed by atoms with Crippen molar-refractivity contribution in [1.29, 1.82) is 0 Å². The van der Waals surface area contributed by atoms with Crippen molar-refractivity contribution in [3.63, 3.8) is 0 Å². The summed E-state index contributed by atoms with van der Waals surface area (Å²) < 4.78 is 1.37. The molecule has 0 atom stereocenters. The number of imide groups is 2. The number of hydrogen-bond acceptors (Lipinski definition) is 3. The molecule has 2 rings (SSSR count). The minimum atomic E-state index is -2.27. The van der Waals surface area contributed by atoms with Gasteiger partial charge in [0, 0.05) is 0 Å². The number of amides is 4. The standard InChI is InChI=1S/C17H24N2O3Si/c1-6-17(7-2)14(20)18(13-11-9-8-10-12-13)16(22)19(15(17)21)23(3,4)5/h8-12H,6-7H2,1-5H3. The topological polar surface area (TPSA) is 57.7 Å². The largest absolute Gasteiger partial charge is 0.329 e. The van der Waals surface area contributed by atoms with Crippen molar-refractivity contribution in [2.45, 2.75) is 46.3 Å². The summed E-state index contributed by atoms with van der Waals surface area (Å²) in [5.41, 5.74) is -0.631. The number of urea groups is 1. The summed E-state index contributed by atoms with van der Waals surface area (Å²) in [6.07, 6.45) is 0.775. The Kier molecular flexibility index (Phi) is 4.48. The summed E-state index contributed by atoms with van der Waals surface area (Å²) in [5.74, 6) is -0.734. The van der Waals surface area contributed by atoms with E-state index in [9.17, 15) is 14.4 Å². The minimum Gasteiger partial charge on any atom is -0.293 e. The highest BCUT2D eigenvalue weighted by atomic mass is 28.3. The Bertz CT molecular complexity index is 633. The van der Waals surface area contributed by atoms with Crippen molar-refractivity contribution < 1.29 is 14.4 Å². The fourth-order valence-corrected chi connectivity index (χ4v) is 4.54. The molecule has 4 amide bonds. The van der Waals surface area contributed by atoms with Gasteiger partial charge in [0.2, 0.25) is 5.91 Å². The van der Waals surface area contributed by atoms with Gasteiger partial charge in [-0.05, 0) is 25.0 Å². The molecule has 1 aliphatic rings. The van der Waals surface area contributed by atoms with Gasteiger partial charge >= 0.3 is 6.03 Å². The van der Waals surface area contributed by atoms with Crippen LogP contribution in [0.5, 0.6) is 0 Å². The van der Waals surface area contributed by atoms with E-state index in [2.05, 4.69) is 0 Å². The van der Waals surface area contributed by atoms with Crippen LogP contribution in [0.2, 0.25) is 19.6 Å². The number of nitrogens with zero attached hydrogens (tertiary/aromatic N) is 2. The van der Waals surface area contributed by atoms with Gasteiger partial charge in [-0.3, -0.25) is 14.2 Å². The molecule has 1 saturated heterocycles. The van der Waals surface area contributed by atoms with Crippen LogP contribution in [0.4, 0.5) is 10.5 Å². The lowest BCUT2D eigenvalue weighted by atomic mass is 9.78. The van der Waals surface area contributed by atoms with E-state index in [1.165, 1.54) is 9.47 Å². The third-order valence-electron chi connectivity index (χ3n) is 4.50. The lowest BCUT2D eigenvalue weighted by molar-refractivity contribution is -0.147. The molecule has 1 aromatic rings. The number of para-hydroxylation sites is 1. The first-order valence-electron chi connectivity index (χ1n) is 7.99. The average molecular weight is 332 g/mol. The summed E-state index contributed by atoms with van der Waals surface area (Å²) in [7, 11) is -2.27. The maximum Gasteiger partial charge on any atom is 0.329 e. The second-order valence-electron chi connectivity index (χ2n) is 6.86. The van der Waals surface area contributed by atoms with Crippen LogP contribution in [0.25, 0.3) is 0 Å². The van der Waals surface area contributed by atoms with E-state index in [0.717, 1.165) is 0 Å². The van der Waals surface area contributed by atoms with Crippen molar-refractivity contribution in [2.24, 2.45) is 5.41 Å². The summed E-state index contributed by atoms with van der Waals surface area (Å²) in [6, 6.07) is 8.34. The second kappa shape index (κ2) is 5.92. The highest BCUT2D eigenvalue weighted by molar-refractivity contribution is 6.79. The van der Waals surface area contributed by atoms with E-state index >= 15 is 0 Å². The van der Waals surface area contributed by atoms with Gasteiger partial charge in [-0.25, -0.2) is 9.69 Å². The fourth-order valence-electron chi connectivity index (χ4n) is 3.04. The van der Waals surface area contributed by atoms with E-state index < -0.39 is 25.6 Å². The third kappa shape index (κ3) is 2.61. The number of carbonyl (C=O) groups excluding carboxylic acids is 3. The molecule has 1 aliphatic heterocycles. The van der Waals surface area contributed by atoms with Gasteiger partial charge in [0.05, 0.1) is 5.69 Å². The number of barbiturate groups is 1. The molecule has 6 heteroatoms. The van der Waals surface area contributed by atoms with Crippen LogP contribution in [0.15, 0.2) is 30.3 Å². The SMILES string of the molecule is CCC1(CC)C(=O)N(c2ccccc2)C(=O)N([Si](C)(C)C)C1=O. The molecule has 0 radical (unpaired) electrons. The van der Waals surface area contributed by atoms with Gasteiger partial charge in [-0.2, -0.15) is 0 Å². The number of rotatable bonds is 4. The number of anilines is 1. The Morgan fingerprint density at radius 1 is 0.913 bits per heavy atom. The average Bonchev–Trinajstić information content (AvgIpc) is 2.48. The molecule has 1 fully saturated rings. The molecular formula is C17H24N2O3Si. The van der Waals surface area contributed by atoms with Crippen LogP contribution in [-0.2, 0) is 9.59 Å². The van der Waals surface area contributed by atoms with Crippen molar-refractivity contribution in [3.8, 4) is 0 Å². The fraction of sp³-hybridized carbons (Fsp3) is 0.471. The van der Waals surface area contributed by atoms with E-state index in [1.807, 2.05) is 39.6 Å². The maximum atomic E-state index is 13.1. The Morgan fingerprint density at radius 3 is 1.87 bits per heavy atom. The highest BCUT2D eigenvalue weighted by Gasteiger charge is 2.58. The smallest absolute Gasteiger partial charge is 0.293 e. The van der Waals surface area contributed by atoms with E-state index in [4.69, 9.17) is 0 Å². The molecule has 5 nitrogen and oxygen atoms in total. The second-order valence-corrected chi connectivity index (χ2v) is 11.6. The first-order valence-corrected chi connectivity index (χ1v) is 11.4. The monoisotopic (exact) mass is 332 g/mol. The zero-order chi connectivity index (χ0) is 17.4. The minimum absolute atomic E-state index is 0.330. The van der Waals surface area contributed by atoms with Crippen molar-refractivity contribution in [2.75, 3.05) is 4.90 Å². The van der Waals surface area contributed by atoms with Gasteiger partial charge in [-0.1, -0.05) is 51.7 Å². The van der Waals surface area contributed by atoms with Crippen LogP contribution in [0.1, 0.15) is 26.7 Å². The third-order valence-corrected chi connectivity index (χ3v) is 6.24. The van der Waals surface area contributed by atoms with Crippen LogP contribution in [-0.4, -0.2) is 30.6 Å². The summed E-state index contributed by atoms with van der Waals surface area (Å²) in [6.45, 7) is 9.49. The quantitative estimate of drug-likeness (QED) is 0.625. The summed E-state index contributed by atoms with van der Waals surface area (Å²) in [4.78, 5) is 40.3. The van der Waals surface area contributed by atoms with Gasteiger partial charge in [0.15, 0.2) is 8.24 Å². The molecule has 124 valence electrons.